The quantitative estimate of drug-likeness (QED) is 0.0154. The van der Waals surface area contributed by atoms with E-state index in [4.69, 9.17) is 18.5 Å². The SMILES string of the molecule is CC/C=C/C/C=C/C=C/C(O)CCCCCCCC(=O)OC[C@H](COP(=O)(O)OCC[N+](C)(C)C)OC(=O)CCCCCCCCCCCCCCCCCCC. The molecule has 0 aromatic rings. The zero-order chi connectivity index (χ0) is 42.3. The third-order valence-electron chi connectivity index (χ3n) is 9.79. The predicted molar refractivity (Wildman–Crippen MR) is 235 cm³/mol. The molecule has 0 aromatic carbocycles. The average molecular weight is 829 g/mol. The molecule has 10 nitrogen and oxygen atoms in total. The summed E-state index contributed by atoms with van der Waals surface area (Å²) in [7, 11) is 1.42. The Morgan fingerprint density at radius 2 is 1.14 bits per heavy atom. The Labute approximate surface area is 349 Å². The van der Waals surface area contributed by atoms with E-state index in [1.54, 1.807) is 0 Å². The number of nitrogens with zero attached hydrogens (tertiary/aromatic N) is 1. The number of ether oxygens (including phenoxy) is 2. The van der Waals surface area contributed by atoms with Gasteiger partial charge in [-0.2, -0.15) is 0 Å². The van der Waals surface area contributed by atoms with E-state index in [0.717, 1.165) is 57.8 Å². The molecule has 0 spiro atoms. The summed E-state index contributed by atoms with van der Waals surface area (Å²) in [6.07, 6.45) is 39.2. The maximum Gasteiger partial charge on any atom is 0.472 e. The van der Waals surface area contributed by atoms with E-state index in [0.29, 0.717) is 30.3 Å². The molecule has 0 amide bonds. The second-order valence-corrected chi connectivity index (χ2v) is 18.1. The van der Waals surface area contributed by atoms with Gasteiger partial charge in [-0.25, -0.2) is 4.57 Å². The van der Waals surface area contributed by atoms with Gasteiger partial charge in [0.2, 0.25) is 0 Å². The molecule has 0 aliphatic carbocycles. The number of hydrogen-bond acceptors (Lipinski definition) is 8. The van der Waals surface area contributed by atoms with Crippen molar-refractivity contribution in [1.29, 1.82) is 0 Å². The fraction of sp³-hybridized carbons (Fsp3) is 0.826. The van der Waals surface area contributed by atoms with Crippen molar-refractivity contribution < 1.29 is 47.2 Å². The molecular formula is C46H87NO9P+. The van der Waals surface area contributed by atoms with Crippen molar-refractivity contribution in [2.45, 2.75) is 199 Å². The lowest BCUT2D eigenvalue weighted by molar-refractivity contribution is -0.870. The fourth-order valence-corrected chi connectivity index (χ4v) is 6.94. The van der Waals surface area contributed by atoms with Crippen molar-refractivity contribution in [3.05, 3.63) is 36.5 Å². The Morgan fingerprint density at radius 3 is 1.67 bits per heavy atom. The Bertz CT molecular complexity index is 1090. The van der Waals surface area contributed by atoms with Crippen LogP contribution in [0.1, 0.15) is 187 Å². The van der Waals surface area contributed by atoms with Gasteiger partial charge in [0.15, 0.2) is 6.10 Å². The molecule has 0 saturated heterocycles. The molecule has 0 aliphatic rings. The first-order valence-electron chi connectivity index (χ1n) is 22.8. The van der Waals surface area contributed by atoms with Crippen LogP contribution in [0.3, 0.4) is 0 Å². The Morgan fingerprint density at radius 1 is 0.632 bits per heavy atom. The molecule has 2 N–H and O–H groups in total. The molecule has 2 unspecified atom stereocenters. The van der Waals surface area contributed by atoms with E-state index in [1.165, 1.54) is 83.5 Å². The summed E-state index contributed by atoms with van der Waals surface area (Å²) in [4.78, 5) is 35.4. The lowest BCUT2D eigenvalue weighted by Crippen LogP contribution is -2.37. The molecule has 0 heterocycles. The van der Waals surface area contributed by atoms with Gasteiger partial charge in [0.05, 0.1) is 33.9 Å². The number of carbonyl (C=O) groups excluding carboxylic acids is 2. The largest absolute Gasteiger partial charge is 0.472 e. The van der Waals surface area contributed by atoms with Gasteiger partial charge in [-0.3, -0.25) is 18.6 Å². The number of rotatable bonds is 41. The van der Waals surface area contributed by atoms with Gasteiger partial charge in [0, 0.05) is 12.8 Å². The van der Waals surface area contributed by atoms with Crippen LogP contribution in [0.15, 0.2) is 36.5 Å². The molecule has 0 rings (SSSR count). The number of allylic oxidation sites excluding steroid dienone is 5. The van der Waals surface area contributed by atoms with E-state index in [9.17, 15) is 24.2 Å². The van der Waals surface area contributed by atoms with Gasteiger partial charge in [-0.1, -0.05) is 179 Å². The maximum atomic E-state index is 12.7. The molecule has 0 aromatic heterocycles. The van der Waals surface area contributed by atoms with Crippen LogP contribution in [0.25, 0.3) is 0 Å². The van der Waals surface area contributed by atoms with Gasteiger partial charge < -0.3 is 24.0 Å². The van der Waals surface area contributed by atoms with Crippen molar-refractivity contribution >= 4 is 19.8 Å². The van der Waals surface area contributed by atoms with E-state index in [1.807, 2.05) is 39.4 Å². The number of aliphatic hydroxyl groups is 1. The second kappa shape index (κ2) is 38.4. The highest BCUT2D eigenvalue weighted by Gasteiger charge is 2.27. The fourth-order valence-electron chi connectivity index (χ4n) is 6.20. The number of hydrogen-bond donors (Lipinski definition) is 2. The monoisotopic (exact) mass is 829 g/mol. The summed E-state index contributed by atoms with van der Waals surface area (Å²) in [6, 6.07) is 0. The van der Waals surface area contributed by atoms with Crippen LogP contribution in [0.5, 0.6) is 0 Å². The average Bonchev–Trinajstić information content (AvgIpc) is 3.15. The van der Waals surface area contributed by atoms with Gasteiger partial charge in [-0.15, -0.1) is 0 Å². The van der Waals surface area contributed by atoms with Gasteiger partial charge in [0.1, 0.15) is 19.8 Å². The molecule has 3 atom stereocenters. The molecule has 0 bridgehead atoms. The Balaban J connectivity index is 4.39. The molecule has 0 aliphatic heterocycles. The van der Waals surface area contributed by atoms with Crippen LogP contribution in [0, 0.1) is 0 Å². The molecule has 334 valence electrons. The van der Waals surface area contributed by atoms with Crippen LogP contribution < -0.4 is 0 Å². The number of carbonyl (C=O) groups is 2. The first-order valence-corrected chi connectivity index (χ1v) is 24.3. The lowest BCUT2D eigenvalue weighted by Gasteiger charge is -2.24. The number of phosphoric acid groups is 1. The highest BCUT2D eigenvalue weighted by molar-refractivity contribution is 7.47. The number of phosphoric ester groups is 1. The Kier molecular flexibility index (Phi) is 37.2. The van der Waals surface area contributed by atoms with Crippen molar-refractivity contribution in [2.75, 3.05) is 47.5 Å². The van der Waals surface area contributed by atoms with E-state index >= 15 is 0 Å². The zero-order valence-electron chi connectivity index (χ0n) is 37.2. The van der Waals surface area contributed by atoms with Gasteiger partial charge in [-0.05, 0) is 32.1 Å². The van der Waals surface area contributed by atoms with Gasteiger partial charge >= 0.3 is 19.8 Å². The highest BCUT2D eigenvalue weighted by Crippen LogP contribution is 2.43. The number of aliphatic hydroxyl groups excluding tert-OH is 1. The number of likely N-dealkylation sites (N-methyl/N-ethyl adjacent to an activating group) is 1. The zero-order valence-corrected chi connectivity index (χ0v) is 38.1. The van der Waals surface area contributed by atoms with Crippen LogP contribution in [-0.2, 0) is 32.7 Å². The minimum Gasteiger partial charge on any atom is -0.462 e. The standard InChI is InChI=1S/C46H86NO9P/c1-6-8-10-12-14-15-16-17-18-19-20-21-22-23-25-29-34-38-46(50)56-44(42-55-57(51,52)54-40-39-47(3,4)5)41-53-45(49)37-33-30-26-28-32-36-43(48)35-31-27-24-13-11-9-7-2/h9,11,24,27,31,35,43-44,48H,6-8,10,12-23,25-26,28-30,32-34,36-42H2,1-5H3/p+1/b11-9+,27-24+,35-31+/t43?,44-/m1/s1. The van der Waals surface area contributed by atoms with Crippen LogP contribution in [0.4, 0.5) is 0 Å². The van der Waals surface area contributed by atoms with Crippen molar-refractivity contribution in [2.24, 2.45) is 0 Å². The molecule has 0 fully saturated rings. The number of unbranched alkanes of at least 4 members (excludes halogenated alkanes) is 20. The summed E-state index contributed by atoms with van der Waals surface area (Å²) < 4.78 is 34.3. The minimum atomic E-state index is -4.40. The third-order valence-corrected chi connectivity index (χ3v) is 10.8. The summed E-state index contributed by atoms with van der Waals surface area (Å²) >= 11 is 0. The molecule has 0 radical (unpaired) electrons. The van der Waals surface area contributed by atoms with Crippen molar-refractivity contribution in [3.8, 4) is 0 Å². The minimum absolute atomic E-state index is 0.0165. The molecule has 57 heavy (non-hydrogen) atoms. The summed E-state index contributed by atoms with van der Waals surface area (Å²) in [5, 5.41) is 10.1. The number of quaternary nitrogens is 1. The molecular weight excluding hydrogens is 741 g/mol. The predicted octanol–water partition coefficient (Wildman–Crippen LogP) is 11.9. The third kappa shape index (κ3) is 42.1. The molecule has 11 heteroatoms. The highest BCUT2D eigenvalue weighted by atomic mass is 31.2. The normalized spacial score (nSPS) is 14.4. The number of esters is 2. The van der Waals surface area contributed by atoms with Crippen LogP contribution in [-0.4, -0.2) is 86.1 Å². The smallest absolute Gasteiger partial charge is 0.462 e. The van der Waals surface area contributed by atoms with E-state index in [-0.39, 0.29) is 26.1 Å². The lowest BCUT2D eigenvalue weighted by atomic mass is 10.0. The van der Waals surface area contributed by atoms with Gasteiger partial charge in [0.25, 0.3) is 0 Å². The van der Waals surface area contributed by atoms with E-state index in [2.05, 4.69) is 32.1 Å². The van der Waals surface area contributed by atoms with E-state index < -0.39 is 38.6 Å². The first-order chi connectivity index (χ1) is 27.4. The second-order valence-electron chi connectivity index (χ2n) is 16.6. The van der Waals surface area contributed by atoms with Crippen LogP contribution in [0.2, 0.25) is 0 Å². The maximum absolute atomic E-state index is 12.7. The van der Waals surface area contributed by atoms with Crippen molar-refractivity contribution in [3.63, 3.8) is 0 Å². The first kappa shape index (κ1) is 55.2. The van der Waals surface area contributed by atoms with Crippen molar-refractivity contribution in [1.82, 2.24) is 0 Å². The topological polar surface area (TPSA) is 129 Å². The summed E-state index contributed by atoms with van der Waals surface area (Å²) in [6.45, 7) is 4.19. The Hall–Kier alpha value is -1.81. The molecule has 0 saturated carbocycles. The summed E-state index contributed by atoms with van der Waals surface area (Å²) in [5.74, 6) is -0.870. The van der Waals surface area contributed by atoms with Crippen LogP contribution >= 0.6 is 7.82 Å². The summed E-state index contributed by atoms with van der Waals surface area (Å²) in [5.41, 5.74) is 0.